The van der Waals surface area contributed by atoms with Crippen LogP contribution in [-0.2, 0) is 32.7 Å². The lowest BCUT2D eigenvalue weighted by molar-refractivity contribution is -0.870. The minimum absolute atomic E-state index is 0.0301. The largest absolute Gasteiger partial charge is 0.756 e. The van der Waals surface area contributed by atoms with E-state index in [-0.39, 0.29) is 32.0 Å². The number of phosphoric acid groups is 1. The average molecular weight is 786 g/mol. The summed E-state index contributed by atoms with van der Waals surface area (Å²) in [6, 6.07) is 0. The van der Waals surface area contributed by atoms with E-state index in [9.17, 15) is 19.0 Å². The monoisotopic (exact) mass is 786 g/mol. The van der Waals surface area contributed by atoms with Crippen LogP contribution in [-0.4, -0.2) is 70.0 Å². The van der Waals surface area contributed by atoms with Crippen LogP contribution in [0.1, 0.15) is 194 Å². The Bertz CT molecular complexity index is 980. The zero-order chi connectivity index (χ0) is 40.0. The predicted molar refractivity (Wildman–Crippen MR) is 222 cm³/mol. The fraction of sp³-hybridized carbons (Fsp3) is 0.864. The van der Waals surface area contributed by atoms with Gasteiger partial charge >= 0.3 is 11.9 Å². The first-order valence-corrected chi connectivity index (χ1v) is 23.5. The van der Waals surface area contributed by atoms with Crippen LogP contribution < -0.4 is 4.89 Å². The first kappa shape index (κ1) is 52.5. The third-order valence-corrected chi connectivity index (χ3v) is 10.4. The Kier molecular flexibility index (Phi) is 36.1. The van der Waals surface area contributed by atoms with E-state index >= 15 is 0 Å². The van der Waals surface area contributed by atoms with Crippen molar-refractivity contribution in [1.29, 1.82) is 0 Å². The number of carbonyl (C=O) groups excluding carboxylic acids is 2. The number of hydrogen-bond donors (Lipinski definition) is 0. The molecule has 0 bridgehead atoms. The molecule has 0 aromatic carbocycles. The van der Waals surface area contributed by atoms with Crippen molar-refractivity contribution in [2.45, 2.75) is 200 Å². The smallest absolute Gasteiger partial charge is 0.306 e. The molecular weight excluding hydrogens is 701 g/mol. The molecule has 0 N–H and O–H groups in total. The third-order valence-electron chi connectivity index (χ3n) is 9.47. The molecule has 10 heteroatoms. The number of nitrogens with zero attached hydrogens (tertiary/aromatic N) is 1. The number of hydrogen-bond acceptors (Lipinski definition) is 8. The average Bonchev–Trinajstić information content (AvgIpc) is 3.12. The molecule has 2 atom stereocenters. The van der Waals surface area contributed by atoms with Gasteiger partial charge in [0, 0.05) is 12.8 Å². The number of quaternary nitrogens is 1. The lowest BCUT2D eigenvalue weighted by Gasteiger charge is -2.28. The molecular formula is C44H84NO8P. The summed E-state index contributed by atoms with van der Waals surface area (Å²) in [5.74, 6) is -0.838. The Morgan fingerprint density at radius 3 is 1.46 bits per heavy atom. The number of likely N-dealkylation sites (N-methyl/N-ethyl adjacent to an activating group) is 1. The zero-order valence-corrected chi connectivity index (χ0v) is 36.6. The van der Waals surface area contributed by atoms with Crippen molar-refractivity contribution in [3.05, 3.63) is 24.3 Å². The standard InChI is InChI=1S/C44H84NO8P/c1-6-8-10-12-14-16-17-18-19-20-21-22-23-24-25-26-27-29-31-33-35-37-44(47)53-42(41-52-54(48,49)51-39-38-45(3,4)5)40-50-43(46)36-34-32-30-28-15-13-11-9-7-2/h17-18,20-21,42H,6-16,19,22-41H2,1-5H3/b18-17-,21-20-. The van der Waals surface area contributed by atoms with Crippen molar-refractivity contribution < 1.29 is 42.1 Å². The molecule has 0 fully saturated rings. The Balaban J connectivity index is 4.26. The Morgan fingerprint density at radius 1 is 0.574 bits per heavy atom. The van der Waals surface area contributed by atoms with Crippen LogP contribution in [0.25, 0.3) is 0 Å². The molecule has 0 radical (unpaired) electrons. The highest BCUT2D eigenvalue weighted by molar-refractivity contribution is 7.45. The van der Waals surface area contributed by atoms with E-state index in [1.165, 1.54) is 109 Å². The summed E-state index contributed by atoms with van der Waals surface area (Å²) in [4.78, 5) is 37.4. The highest BCUT2D eigenvalue weighted by atomic mass is 31.2. The van der Waals surface area contributed by atoms with Crippen molar-refractivity contribution >= 4 is 19.8 Å². The summed E-state index contributed by atoms with van der Waals surface area (Å²) in [6.07, 6.45) is 39.2. The Morgan fingerprint density at radius 2 is 1.00 bits per heavy atom. The molecule has 0 spiro atoms. The molecule has 2 unspecified atom stereocenters. The normalized spacial score (nSPS) is 13.8. The van der Waals surface area contributed by atoms with Crippen molar-refractivity contribution in [2.24, 2.45) is 0 Å². The fourth-order valence-electron chi connectivity index (χ4n) is 5.98. The number of allylic oxidation sites excluding steroid dienone is 4. The van der Waals surface area contributed by atoms with Crippen LogP contribution in [0.4, 0.5) is 0 Å². The van der Waals surface area contributed by atoms with E-state index in [0.717, 1.165) is 51.4 Å². The van der Waals surface area contributed by atoms with Crippen LogP contribution in [0.3, 0.4) is 0 Å². The molecule has 0 saturated heterocycles. The van der Waals surface area contributed by atoms with E-state index in [1.807, 2.05) is 21.1 Å². The molecule has 0 amide bonds. The van der Waals surface area contributed by atoms with Gasteiger partial charge in [0.15, 0.2) is 6.10 Å². The minimum Gasteiger partial charge on any atom is -0.756 e. The van der Waals surface area contributed by atoms with Gasteiger partial charge in [0.25, 0.3) is 7.82 Å². The second-order valence-electron chi connectivity index (χ2n) is 16.1. The molecule has 0 aliphatic heterocycles. The van der Waals surface area contributed by atoms with Gasteiger partial charge in [-0.05, 0) is 44.9 Å². The minimum atomic E-state index is -4.62. The van der Waals surface area contributed by atoms with E-state index in [1.54, 1.807) is 0 Å². The van der Waals surface area contributed by atoms with Crippen LogP contribution in [0.2, 0.25) is 0 Å². The maximum Gasteiger partial charge on any atom is 0.306 e. The lowest BCUT2D eigenvalue weighted by atomic mass is 10.1. The summed E-state index contributed by atoms with van der Waals surface area (Å²) in [5, 5.41) is 0. The number of unbranched alkanes of at least 4 members (excludes halogenated alkanes) is 22. The van der Waals surface area contributed by atoms with Crippen LogP contribution in [0.5, 0.6) is 0 Å². The van der Waals surface area contributed by atoms with Gasteiger partial charge in [-0.1, -0.05) is 160 Å². The van der Waals surface area contributed by atoms with Crippen molar-refractivity contribution in [3.63, 3.8) is 0 Å². The van der Waals surface area contributed by atoms with E-state index < -0.39 is 26.5 Å². The lowest BCUT2D eigenvalue weighted by Crippen LogP contribution is -2.37. The molecule has 0 rings (SSSR count). The van der Waals surface area contributed by atoms with E-state index in [0.29, 0.717) is 17.4 Å². The Labute approximate surface area is 332 Å². The highest BCUT2D eigenvalue weighted by Crippen LogP contribution is 2.38. The number of esters is 2. The van der Waals surface area contributed by atoms with Crippen molar-refractivity contribution in [2.75, 3.05) is 47.5 Å². The predicted octanol–water partition coefficient (Wildman–Crippen LogP) is 11.7. The first-order valence-electron chi connectivity index (χ1n) is 22.0. The summed E-state index contributed by atoms with van der Waals surface area (Å²) in [7, 11) is 1.17. The van der Waals surface area contributed by atoms with E-state index in [2.05, 4.69) is 38.2 Å². The summed E-state index contributed by atoms with van der Waals surface area (Å²) < 4.78 is 33.8. The van der Waals surface area contributed by atoms with Gasteiger partial charge in [0.1, 0.15) is 19.8 Å². The van der Waals surface area contributed by atoms with Gasteiger partial charge in [-0.3, -0.25) is 14.2 Å². The topological polar surface area (TPSA) is 111 Å². The second kappa shape index (κ2) is 37.1. The highest BCUT2D eigenvalue weighted by Gasteiger charge is 2.21. The molecule has 0 aliphatic carbocycles. The number of carbonyl (C=O) groups is 2. The van der Waals surface area contributed by atoms with Gasteiger partial charge in [0.2, 0.25) is 0 Å². The van der Waals surface area contributed by atoms with Gasteiger partial charge in [0.05, 0.1) is 27.7 Å². The number of rotatable bonds is 40. The maximum absolute atomic E-state index is 12.7. The molecule has 0 saturated carbocycles. The fourth-order valence-corrected chi connectivity index (χ4v) is 6.71. The molecule has 0 aliphatic rings. The van der Waals surface area contributed by atoms with Gasteiger partial charge < -0.3 is 27.9 Å². The molecule has 0 aromatic heterocycles. The second-order valence-corrected chi connectivity index (χ2v) is 17.5. The zero-order valence-electron chi connectivity index (χ0n) is 35.7. The summed E-state index contributed by atoms with van der Waals surface area (Å²) >= 11 is 0. The maximum atomic E-state index is 12.7. The SMILES string of the molecule is CCCCCCC/C=C\C/C=C\CCCCCCCCCCCC(=O)OC(COC(=O)CCCCCCCCCCC)COP(=O)([O-])OCC[N+](C)(C)C. The summed E-state index contributed by atoms with van der Waals surface area (Å²) in [5.41, 5.74) is 0. The molecule has 0 heterocycles. The first-order chi connectivity index (χ1) is 26.0. The quantitative estimate of drug-likeness (QED) is 0.0198. The van der Waals surface area contributed by atoms with Crippen LogP contribution in [0.15, 0.2) is 24.3 Å². The van der Waals surface area contributed by atoms with Gasteiger partial charge in [-0.15, -0.1) is 0 Å². The van der Waals surface area contributed by atoms with Crippen LogP contribution in [0, 0.1) is 0 Å². The Hall–Kier alpha value is -1.51. The van der Waals surface area contributed by atoms with Crippen LogP contribution >= 0.6 is 7.82 Å². The third kappa shape index (κ3) is 40.2. The van der Waals surface area contributed by atoms with Crippen molar-refractivity contribution in [1.82, 2.24) is 0 Å². The molecule has 318 valence electrons. The number of ether oxygens (including phenoxy) is 2. The number of phosphoric ester groups is 1. The molecule has 9 nitrogen and oxygen atoms in total. The summed E-state index contributed by atoms with van der Waals surface area (Å²) in [6.45, 7) is 4.19. The van der Waals surface area contributed by atoms with Crippen molar-refractivity contribution in [3.8, 4) is 0 Å². The molecule has 54 heavy (non-hydrogen) atoms. The molecule has 0 aromatic rings. The van der Waals surface area contributed by atoms with Gasteiger partial charge in [-0.25, -0.2) is 0 Å². The van der Waals surface area contributed by atoms with Gasteiger partial charge in [-0.2, -0.15) is 0 Å². The van der Waals surface area contributed by atoms with E-state index in [4.69, 9.17) is 18.5 Å².